The Hall–Kier alpha value is -6.85. The van der Waals surface area contributed by atoms with E-state index >= 15 is 0 Å². The maximum atomic E-state index is 6.58. The van der Waals surface area contributed by atoms with Gasteiger partial charge in [-0.05, 0) is 47.5 Å². The third-order valence-corrected chi connectivity index (χ3v) is 9.47. The fraction of sp³-hybridized carbons (Fsp3) is 0. The summed E-state index contributed by atoms with van der Waals surface area (Å²) >= 11 is 0. The van der Waals surface area contributed by atoms with E-state index in [2.05, 4.69) is 132 Å². The van der Waals surface area contributed by atoms with Gasteiger partial charge in [-0.3, -0.25) is 0 Å². The van der Waals surface area contributed by atoms with Crippen LogP contribution in [-0.2, 0) is 0 Å². The molecule has 5 heteroatoms. The minimum absolute atomic E-state index is 0.592. The zero-order chi connectivity index (χ0) is 33.0. The summed E-state index contributed by atoms with van der Waals surface area (Å²) in [5.74, 6) is 1.83. The maximum Gasteiger partial charge on any atom is 0.164 e. The number of hydrogen-bond acceptors (Lipinski definition) is 4. The van der Waals surface area contributed by atoms with E-state index in [0.717, 1.165) is 49.9 Å². The molecule has 0 N–H and O–H groups in total. The fourth-order valence-electron chi connectivity index (χ4n) is 7.04. The van der Waals surface area contributed by atoms with E-state index < -0.39 is 0 Å². The summed E-state index contributed by atoms with van der Waals surface area (Å²) in [6, 6.07) is 58.6. The van der Waals surface area contributed by atoms with Crippen molar-refractivity contribution in [3.8, 4) is 51.0 Å². The second-order valence-corrected chi connectivity index (χ2v) is 12.5. The Morgan fingerprint density at radius 2 is 0.780 bits per heavy atom. The molecule has 0 aliphatic rings. The molecule has 5 nitrogen and oxygen atoms in total. The Kier molecular flexibility index (Phi) is 6.42. The van der Waals surface area contributed by atoms with Crippen molar-refractivity contribution < 1.29 is 4.42 Å². The average molecular weight is 641 g/mol. The number of nitrogens with zero attached hydrogens (tertiary/aromatic N) is 4. The van der Waals surface area contributed by atoms with Crippen molar-refractivity contribution >= 4 is 43.7 Å². The molecule has 0 aliphatic heterocycles. The highest BCUT2D eigenvalue weighted by Crippen LogP contribution is 2.37. The highest BCUT2D eigenvalue weighted by Gasteiger charge is 2.17. The SMILES string of the molecule is c1ccc(-c2ccc(-c3nc(-c4ccccc4)nc(-c4ccc5c(c4)oc4cc(-n6c7ccccc7c7ccccc76)ccc45)n3)cc2)cc1. The van der Waals surface area contributed by atoms with Crippen LogP contribution in [-0.4, -0.2) is 19.5 Å². The molecule has 3 heterocycles. The molecule has 0 aliphatic carbocycles. The second kappa shape index (κ2) is 11.4. The van der Waals surface area contributed by atoms with E-state index in [1.165, 1.54) is 27.4 Å². The van der Waals surface area contributed by atoms with Crippen LogP contribution in [0.3, 0.4) is 0 Å². The monoisotopic (exact) mass is 640 g/mol. The largest absolute Gasteiger partial charge is 0.456 e. The molecule has 234 valence electrons. The van der Waals surface area contributed by atoms with Gasteiger partial charge in [0, 0.05) is 50.0 Å². The first-order chi connectivity index (χ1) is 24.8. The lowest BCUT2D eigenvalue weighted by molar-refractivity contribution is 0.668. The van der Waals surface area contributed by atoms with Gasteiger partial charge in [-0.1, -0.05) is 127 Å². The van der Waals surface area contributed by atoms with Crippen LogP contribution < -0.4 is 0 Å². The molecule has 10 rings (SSSR count). The van der Waals surface area contributed by atoms with Gasteiger partial charge in [0.15, 0.2) is 17.5 Å². The van der Waals surface area contributed by atoms with E-state index in [4.69, 9.17) is 19.4 Å². The molecule has 0 amide bonds. The van der Waals surface area contributed by atoms with E-state index in [9.17, 15) is 0 Å². The zero-order valence-electron chi connectivity index (χ0n) is 26.9. The topological polar surface area (TPSA) is 56.7 Å². The molecule has 0 unspecified atom stereocenters. The third-order valence-electron chi connectivity index (χ3n) is 9.47. The van der Waals surface area contributed by atoms with Crippen LogP contribution in [0.5, 0.6) is 0 Å². The van der Waals surface area contributed by atoms with Gasteiger partial charge in [0.1, 0.15) is 11.2 Å². The van der Waals surface area contributed by atoms with Crippen molar-refractivity contribution in [2.45, 2.75) is 0 Å². The van der Waals surface area contributed by atoms with Crippen LogP contribution >= 0.6 is 0 Å². The number of furan rings is 1. The van der Waals surface area contributed by atoms with Crippen molar-refractivity contribution in [1.82, 2.24) is 19.5 Å². The number of benzene rings is 7. The first-order valence-corrected chi connectivity index (χ1v) is 16.7. The quantitative estimate of drug-likeness (QED) is 0.188. The number of fused-ring (bicyclic) bond motifs is 6. The Morgan fingerprint density at radius 3 is 1.42 bits per heavy atom. The Balaban J connectivity index is 1.08. The van der Waals surface area contributed by atoms with Crippen LogP contribution in [0.2, 0.25) is 0 Å². The summed E-state index contributed by atoms with van der Waals surface area (Å²) in [6.07, 6.45) is 0. The van der Waals surface area contributed by atoms with Gasteiger partial charge in [0.25, 0.3) is 0 Å². The molecule has 50 heavy (non-hydrogen) atoms. The number of rotatable bonds is 5. The Bertz CT molecular complexity index is 2800. The van der Waals surface area contributed by atoms with Gasteiger partial charge in [-0.15, -0.1) is 0 Å². The summed E-state index contributed by atoms with van der Waals surface area (Å²) in [7, 11) is 0. The molecule has 3 aromatic heterocycles. The van der Waals surface area contributed by atoms with Gasteiger partial charge in [0.05, 0.1) is 11.0 Å². The van der Waals surface area contributed by atoms with Gasteiger partial charge in [-0.2, -0.15) is 0 Å². The molecule has 0 fully saturated rings. The van der Waals surface area contributed by atoms with Crippen molar-refractivity contribution in [2.24, 2.45) is 0 Å². The summed E-state index contributed by atoms with van der Waals surface area (Å²) in [4.78, 5) is 14.9. The van der Waals surface area contributed by atoms with Gasteiger partial charge < -0.3 is 8.98 Å². The van der Waals surface area contributed by atoms with Crippen molar-refractivity contribution in [2.75, 3.05) is 0 Å². The van der Waals surface area contributed by atoms with Crippen molar-refractivity contribution in [3.63, 3.8) is 0 Å². The van der Waals surface area contributed by atoms with Crippen molar-refractivity contribution in [3.05, 3.63) is 170 Å². The lowest BCUT2D eigenvalue weighted by Gasteiger charge is -2.09. The second-order valence-electron chi connectivity index (χ2n) is 12.5. The minimum Gasteiger partial charge on any atom is -0.456 e. The van der Waals surface area contributed by atoms with Crippen LogP contribution in [0.25, 0.3) is 94.7 Å². The number of aromatic nitrogens is 4. The fourth-order valence-corrected chi connectivity index (χ4v) is 7.04. The molecular formula is C45H28N4O. The first-order valence-electron chi connectivity index (χ1n) is 16.7. The summed E-state index contributed by atoms with van der Waals surface area (Å²) in [5, 5.41) is 4.58. The van der Waals surface area contributed by atoms with Gasteiger partial charge >= 0.3 is 0 Å². The van der Waals surface area contributed by atoms with Crippen LogP contribution in [0.4, 0.5) is 0 Å². The molecule has 0 radical (unpaired) electrons. The van der Waals surface area contributed by atoms with Crippen molar-refractivity contribution in [1.29, 1.82) is 0 Å². The first kappa shape index (κ1) is 28.2. The molecule has 7 aromatic carbocycles. The van der Waals surface area contributed by atoms with E-state index in [1.54, 1.807) is 0 Å². The van der Waals surface area contributed by atoms with Crippen LogP contribution in [0.1, 0.15) is 0 Å². The molecular weight excluding hydrogens is 613 g/mol. The molecule has 0 saturated heterocycles. The van der Waals surface area contributed by atoms with Gasteiger partial charge in [0.2, 0.25) is 0 Å². The highest BCUT2D eigenvalue weighted by molar-refractivity contribution is 6.10. The Morgan fingerprint density at radius 1 is 0.340 bits per heavy atom. The maximum absolute atomic E-state index is 6.58. The normalized spacial score (nSPS) is 11.6. The van der Waals surface area contributed by atoms with E-state index in [-0.39, 0.29) is 0 Å². The van der Waals surface area contributed by atoms with Crippen LogP contribution in [0, 0.1) is 0 Å². The molecule has 0 bridgehead atoms. The summed E-state index contributed by atoms with van der Waals surface area (Å²) < 4.78 is 8.89. The van der Waals surface area contributed by atoms with E-state index in [1.807, 2.05) is 42.5 Å². The lowest BCUT2D eigenvalue weighted by atomic mass is 10.0. The highest BCUT2D eigenvalue weighted by atomic mass is 16.3. The number of para-hydroxylation sites is 2. The predicted molar refractivity (Wildman–Crippen MR) is 203 cm³/mol. The summed E-state index contributed by atoms with van der Waals surface area (Å²) in [6.45, 7) is 0. The lowest BCUT2D eigenvalue weighted by Crippen LogP contribution is -2.00. The standard InChI is InChI=1S/C45H28N4O/c1-3-11-29(12-4-1)30-19-21-32(22-20-30)44-46-43(31-13-5-2-6-14-31)47-45(48-44)33-23-25-37-38-26-24-34(28-42(38)50-41(37)27-33)49-39-17-9-7-15-35(39)36-16-8-10-18-40(36)49/h1-28H. The zero-order valence-corrected chi connectivity index (χ0v) is 26.9. The Labute approximate surface area is 287 Å². The van der Waals surface area contributed by atoms with Gasteiger partial charge in [-0.25, -0.2) is 15.0 Å². The molecule has 0 saturated carbocycles. The average Bonchev–Trinajstić information content (AvgIpc) is 3.73. The summed E-state index contributed by atoms with van der Waals surface area (Å²) in [5.41, 5.74) is 10.0. The molecule has 10 aromatic rings. The molecule has 0 spiro atoms. The van der Waals surface area contributed by atoms with E-state index in [0.29, 0.717) is 17.5 Å². The third kappa shape index (κ3) is 4.67. The number of hydrogen-bond donors (Lipinski definition) is 0. The smallest absolute Gasteiger partial charge is 0.164 e. The molecule has 0 atom stereocenters. The van der Waals surface area contributed by atoms with Crippen LogP contribution in [0.15, 0.2) is 174 Å². The predicted octanol–water partition coefficient (Wildman–Crippen LogP) is 11.5. The minimum atomic E-state index is 0.592.